The number of para-hydroxylation sites is 1. The van der Waals surface area contributed by atoms with Crippen molar-refractivity contribution >= 4 is 39.1 Å². The molecular formula is C25H20N2O7S. The number of aliphatic hydroxyl groups excluding tert-OH is 1. The number of methoxy groups -OCH3 is 3. The van der Waals surface area contributed by atoms with Crippen molar-refractivity contribution < 1.29 is 33.3 Å². The lowest BCUT2D eigenvalue weighted by Gasteiger charge is -2.25. The highest BCUT2D eigenvalue weighted by Crippen LogP contribution is 2.47. The molecule has 4 aromatic rings. The van der Waals surface area contributed by atoms with E-state index in [9.17, 15) is 14.7 Å². The van der Waals surface area contributed by atoms with Crippen molar-refractivity contribution in [3.8, 4) is 17.2 Å². The Morgan fingerprint density at radius 2 is 1.80 bits per heavy atom. The van der Waals surface area contributed by atoms with Crippen LogP contribution < -0.4 is 19.1 Å². The van der Waals surface area contributed by atoms with Gasteiger partial charge in [-0.15, -0.1) is 11.3 Å². The van der Waals surface area contributed by atoms with E-state index < -0.39 is 23.5 Å². The predicted octanol–water partition coefficient (Wildman–Crippen LogP) is 4.70. The number of thiazole rings is 1. The number of rotatable bonds is 7. The molecule has 3 heterocycles. The van der Waals surface area contributed by atoms with E-state index >= 15 is 0 Å². The Morgan fingerprint density at radius 3 is 2.40 bits per heavy atom. The number of carbonyl (C=O) groups excluding carboxylic acids is 2. The highest BCUT2D eigenvalue weighted by molar-refractivity contribution is 7.13. The first-order valence-corrected chi connectivity index (χ1v) is 11.4. The number of ether oxygens (including phenoxy) is 3. The van der Waals surface area contributed by atoms with Gasteiger partial charge < -0.3 is 23.7 Å². The summed E-state index contributed by atoms with van der Waals surface area (Å²) in [6, 6.07) is 11.0. The fourth-order valence-electron chi connectivity index (χ4n) is 4.17. The Bertz CT molecular complexity index is 1410. The minimum Gasteiger partial charge on any atom is -0.503 e. The van der Waals surface area contributed by atoms with Crippen molar-refractivity contribution in [2.24, 2.45) is 0 Å². The van der Waals surface area contributed by atoms with Crippen LogP contribution in [-0.4, -0.2) is 43.1 Å². The van der Waals surface area contributed by atoms with E-state index in [1.54, 1.807) is 35.7 Å². The van der Waals surface area contributed by atoms with Gasteiger partial charge in [0.05, 0.1) is 32.9 Å². The standard InChI is InChI=1S/C25H20N2O7S/c1-31-17-11-14(12-18(32-2)23(17)33-3)20-19(22(29)24(30)27(20)25-26-8-9-35-25)21(28)16-10-13-6-4-5-7-15(13)34-16/h4-12,20,29H,1-3H3. The number of amides is 1. The topological polar surface area (TPSA) is 111 Å². The summed E-state index contributed by atoms with van der Waals surface area (Å²) in [7, 11) is 4.41. The van der Waals surface area contributed by atoms with E-state index in [0.29, 0.717) is 33.5 Å². The van der Waals surface area contributed by atoms with Crippen molar-refractivity contribution in [1.82, 2.24) is 4.98 Å². The molecule has 1 N–H and O–H groups in total. The molecule has 0 fully saturated rings. The van der Waals surface area contributed by atoms with Crippen LogP contribution in [0.15, 0.2) is 69.8 Å². The van der Waals surface area contributed by atoms with Gasteiger partial charge in [0, 0.05) is 17.0 Å². The second-order valence-electron chi connectivity index (χ2n) is 7.59. The second-order valence-corrected chi connectivity index (χ2v) is 8.46. The molecule has 0 aliphatic carbocycles. The monoisotopic (exact) mass is 492 g/mol. The minimum absolute atomic E-state index is 0.000944. The summed E-state index contributed by atoms with van der Waals surface area (Å²) >= 11 is 1.20. The molecule has 1 aliphatic heterocycles. The summed E-state index contributed by atoms with van der Waals surface area (Å²) in [5.41, 5.74) is 0.825. The smallest absolute Gasteiger partial charge is 0.296 e. The zero-order valence-electron chi connectivity index (χ0n) is 19.0. The molecular weight excluding hydrogens is 472 g/mol. The summed E-state index contributed by atoms with van der Waals surface area (Å²) in [6.07, 6.45) is 1.54. The molecule has 2 aromatic carbocycles. The Balaban J connectivity index is 1.71. The number of Topliss-reactive ketones (excluding diaryl/α,β-unsaturated/α-hetero) is 1. The average molecular weight is 493 g/mol. The molecule has 0 saturated heterocycles. The molecule has 1 aliphatic rings. The van der Waals surface area contributed by atoms with Crippen LogP contribution in [0.4, 0.5) is 5.13 Å². The highest BCUT2D eigenvalue weighted by atomic mass is 32.1. The number of fused-ring (bicyclic) bond motifs is 1. The Hall–Kier alpha value is -4.31. The van der Waals surface area contributed by atoms with Gasteiger partial charge in [-0.05, 0) is 29.8 Å². The van der Waals surface area contributed by atoms with Gasteiger partial charge in [-0.2, -0.15) is 0 Å². The largest absolute Gasteiger partial charge is 0.503 e. The van der Waals surface area contributed by atoms with E-state index in [0.717, 1.165) is 5.39 Å². The van der Waals surface area contributed by atoms with E-state index in [4.69, 9.17) is 18.6 Å². The molecule has 9 nitrogen and oxygen atoms in total. The van der Waals surface area contributed by atoms with Crippen LogP contribution in [0.2, 0.25) is 0 Å². The van der Waals surface area contributed by atoms with E-state index in [1.807, 2.05) is 12.1 Å². The maximum Gasteiger partial charge on any atom is 0.296 e. The van der Waals surface area contributed by atoms with Crippen LogP contribution in [0.1, 0.15) is 22.2 Å². The SMILES string of the molecule is COc1cc(C2C(C(=O)c3cc4ccccc4o3)=C(O)C(=O)N2c2nccs2)cc(OC)c1OC. The van der Waals surface area contributed by atoms with Gasteiger partial charge in [0.15, 0.2) is 28.1 Å². The highest BCUT2D eigenvalue weighted by Gasteiger charge is 2.47. The average Bonchev–Trinajstić information content (AvgIpc) is 3.61. The molecule has 2 aromatic heterocycles. The lowest BCUT2D eigenvalue weighted by molar-refractivity contribution is -0.117. The quantitative estimate of drug-likeness (QED) is 0.370. The fraction of sp³-hybridized carbons (Fsp3) is 0.160. The number of furan rings is 1. The second kappa shape index (κ2) is 8.80. The number of ketones is 1. The normalized spacial score (nSPS) is 15.7. The zero-order valence-corrected chi connectivity index (χ0v) is 19.8. The summed E-state index contributed by atoms with van der Waals surface area (Å²) in [5.74, 6) is -1.04. The number of aliphatic hydroxyl groups is 1. The van der Waals surface area contributed by atoms with Gasteiger partial charge in [-0.3, -0.25) is 14.5 Å². The third-order valence-electron chi connectivity index (χ3n) is 5.73. The third-order valence-corrected chi connectivity index (χ3v) is 6.50. The molecule has 0 spiro atoms. The molecule has 178 valence electrons. The van der Waals surface area contributed by atoms with Crippen LogP contribution >= 0.6 is 11.3 Å². The van der Waals surface area contributed by atoms with Crippen LogP contribution in [-0.2, 0) is 4.79 Å². The van der Waals surface area contributed by atoms with Crippen LogP contribution in [0.5, 0.6) is 17.2 Å². The van der Waals surface area contributed by atoms with E-state index in [-0.39, 0.29) is 11.3 Å². The van der Waals surface area contributed by atoms with Gasteiger partial charge >= 0.3 is 0 Å². The summed E-state index contributed by atoms with van der Waals surface area (Å²) in [4.78, 5) is 32.5. The number of anilines is 1. The van der Waals surface area contributed by atoms with Gasteiger partial charge in [0.1, 0.15) is 5.58 Å². The van der Waals surface area contributed by atoms with Gasteiger partial charge in [0.2, 0.25) is 11.5 Å². The molecule has 1 unspecified atom stereocenters. The predicted molar refractivity (Wildman–Crippen MR) is 129 cm³/mol. The van der Waals surface area contributed by atoms with Gasteiger partial charge in [-0.1, -0.05) is 18.2 Å². The third kappa shape index (κ3) is 3.58. The van der Waals surface area contributed by atoms with E-state index in [1.165, 1.54) is 43.8 Å². The molecule has 35 heavy (non-hydrogen) atoms. The first-order chi connectivity index (χ1) is 17.0. The molecule has 5 rings (SSSR count). The maximum atomic E-state index is 13.7. The first-order valence-electron chi connectivity index (χ1n) is 10.5. The summed E-state index contributed by atoms with van der Waals surface area (Å²) < 4.78 is 22.1. The number of carbonyl (C=O) groups is 2. The Kier molecular flexibility index (Phi) is 5.65. The van der Waals surface area contributed by atoms with Crippen molar-refractivity contribution in [2.75, 3.05) is 26.2 Å². The molecule has 0 radical (unpaired) electrons. The zero-order chi connectivity index (χ0) is 24.7. The number of aromatic nitrogens is 1. The lowest BCUT2D eigenvalue weighted by Crippen LogP contribution is -2.31. The summed E-state index contributed by atoms with van der Waals surface area (Å²) in [6.45, 7) is 0. The molecule has 0 saturated carbocycles. The molecule has 0 bridgehead atoms. The molecule has 1 atom stereocenters. The van der Waals surface area contributed by atoms with Crippen molar-refractivity contribution in [3.05, 3.63) is 76.7 Å². The van der Waals surface area contributed by atoms with Crippen molar-refractivity contribution in [1.29, 1.82) is 0 Å². The van der Waals surface area contributed by atoms with Gasteiger partial charge in [0.25, 0.3) is 5.91 Å². The Morgan fingerprint density at radius 1 is 1.09 bits per heavy atom. The number of hydrogen-bond donors (Lipinski definition) is 1. The number of nitrogens with zero attached hydrogens (tertiary/aromatic N) is 2. The summed E-state index contributed by atoms with van der Waals surface area (Å²) in [5, 5.41) is 13.7. The van der Waals surface area contributed by atoms with Crippen molar-refractivity contribution in [2.45, 2.75) is 6.04 Å². The lowest BCUT2D eigenvalue weighted by atomic mass is 9.94. The van der Waals surface area contributed by atoms with Crippen LogP contribution in [0, 0.1) is 0 Å². The van der Waals surface area contributed by atoms with Crippen molar-refractivity contribution in [3.63, 3.8) is 0 Å². The first kappa shape index (κ1) is 22.5. The molecule has 10 heteroatoms. The van der Waals surface area contributed by atoms with E-state index in [2.05, 4.69) is 4.98 Å². The number of hydrogen-bond acceptors (Lipinski definition) is 9. The Labute approximate surface area is 203 Å². The molecule has 1 amide bonds. The minimum atomic E-state index is -1.02. The van der Waals surface area contributed by atoms with Gasteiger partial charge in [-0.25, -0.2) is 4.98 Å². The number of benzene rings is 2. The fourth-order valence-corrected chi connectivity index (χ4v) is 4.84. The maximum absolute atomic E-state index is 13.7. The van der Waals surface area contributed by atoms with Crippen LogP contribution in [0.3, 0.4) is 0 Å². The van der Waals surface area contributed by atoms with Crippen LogP contribution in [0.25, 0.3) is 11.0 Å².